The van der Waals surface area contributed by atoms with Gasteiger partial charge in [0.05, 0.1) is 0 Å². The highest BCUT2D eigenvalue weighted by Gasteiger charge is 2.07. The van der Waals surface area contributed by atoms with E-state index in [1.807, 2.05) is 0 Å². The van der Waals surface area contributed by atoms with Crippen LogP contribution in [0.1, 0.15) is 13.3 Å². The summed E-state index contributed by atoms with van der Waals surface area (Å²) in [6, 6.07) is 0. The van der Waals surface area contributed by atoms with Crippen LogP contribution in [0.4, 0.5) is 0 Å². The number of rotatable bonds is 0. The van der Waals surface area contributed by atoms with Crippen molar-refractivity contribution in [1.82, 2.24) is 14.7 Å². The first-order chi connectivity index (χ1) is 7.58. The summed E-state index contributed by atoms with van der Waals surface area (Å²) < 4.78 is 0. The molecule has 0 radical (unpaired) electrons. The maximum absolute atomic E-state index is 2.36. The van der Waals surface area contributed by atoms with Gasteiger partial charge in [-0.15, -0.1) is 0 Å². The molecular formula is C13H27N3. The molecule has 2 aliphatic heterocycles. The molecule has 0 bridgehead atoms. The Morgan fingerprint density at radius 1 is 0.812 bits per heavy atom. The van der Waals surface area contributed by atoms with Crippen LogP contribution < -0.4 is 0 Å². The fraction of sp³-hybridized carbons (Fsp3) is 0.846. The van der Waals surface area contributed by atoms with Crippen LogP contribution in [0, 0.1) is 0 Å². The van der Waals surface area contributed by atoms with Gasteiger partial charge in [-0.2, -0.15) is 0 Å². The van der Waals surface area contributed by atoms with E-state index in [4.69, 9.17) is 0 Å². The molecule has 2 heterocycles. The fourth-order valence-electron chi connectivity index (χ4n) is 1.78. The van der Waals surface area contributed by atoms with E-state index in [2.05, 4.69) is 48.8 Å². The van der Waals surface area contributed by atoms with Gasteiger partial charge in [-0.3, -0.25) is 0 Å². The van der Waals surface area contributed by atoms with Crippen molar-refractivity contribution in [2.75, 3.05) is 60.4 Å². The molecule has 0 atom stereocenters. The molecule has 16 heavy (non-hydrogen) atoms. The number of nitrogens with zero attached hydrogens (tertiary/aromatic N) is 3. The minimum absolute atomic E-state index is 1.14. The fourth-order valence-corrected chi connectivity index (χ4v) is 1.78. The zero-order chi connectivity index (χ0) is 12.0. The first-order valence-electron chi connectivity index (χ1n) is 6.29. The van der Waals surface area contributed by atoms with E-state index in [1.54, 1.807) is 5.57 Å². The molecule has 94 valence electrons. The van der Waals surface area contributed by atoms with Crippen LogP contribution in [0.25, 0.3) is 0 Å². The van der Waals surface area contributed by atoms with Gasteiger partial charge in [0, 0.05) is 39.3 Å². The van der Waals surface area contributed by atoms with Crippen molar-refractivity contribution in [1.29, 1.82) is 0 Å². The van der Waals surface area contributed by atoms with Gasteiger partial charge in [0.25, 0.3) is 0 Å². The van der Waals surface area contributed by atoms with E-state index < -0.39 is 0 Å². The van der Waals surface area contributed by atoms with Crippen LogP contribution in [0.3, 0.4) is 0 Å². The molecule has 3 heteroatoms. The van der Waals surface area contributed by atoms with Crippen molar-refractivity contribution in [2.45, 2.75) is 13.3 Å². The van der Waals surface area contributed by atoms with Gasteiger partial charge < -0.3 is 14.7 Å². The molecule has 2 aliphatic rings. The Labute approximate surface area is 101 Å². The molecule has 1 saturated heterocycles. The Balaban J connectivity index is 0.000000160. The predicted molar refractivity (Wildman–Crippen MR) is 70.9 cm³/mol. The van der Waals surface area contributed by atoms with Crippen molar-refractivity contribution in [3.8, 4) is 0 Å². The minimum atomic E-state index is 1.14. The molecule has 0 aromatic rings. The highest BCUT2D eigenvalue weighted by Crippen LogP contribution is 2.06. The maximum Gasteiger partial charge on any atom is 0.0162 e. The average molecular weight is 225 g/mol. The molecular weight excluding hydrogens is 198 g/mol. The summed E-state index contributed by atoms with van der Waals surface area (Å²) in [7, 11) is 6.50. The van der Waals surface area contributed by atoms with Gasteiger partial charge in [0.15, 0.2) is 0 Å². The largest absolute Gasteiger partial charge is 0.304 e. The summed E-state index contributed by atoms with van der Waals surface area (Å²) in [5.74, 6) is 0. The lowest BCUT2D eigenvalue weighted by Crippen LogP contribution is -2.42. The number of hydrogen-bond donors (Lipinski definition) is 0. The van der Waals surface area contributed by atoms with E-state index in [9.17, 15) is 0 Å². The Morgan fingerprint density at radius 3 is 1.62 bits per heavy atom. The molecule has 0 aliphatic carbocycles. The van der Waals surface area contributed by atoms with Gasteiger partial charge in [-0.1, -0.05) is 11.6 Å². The lowest BCUT2D eigenvalue weighted by molar-refractivity contribution is 0.181. The highest BCUT2D eigenvalue weighted by molar-refractivity contribution is 5.02. The summed E-state index contributed by atoms with van der Waals surface area (Å²) in [6.07, 6.45) is 3.56. The summed E-state index contributed by atoms with van der Waals surface area (Å²) in [4.78, 5) is 7.05. The maximum atomic E-state index is 2.36. The molecule has 0 saturated carbocycles. The van der Waals surface area contributed by atoms with Crippen LogP contribution in [-0.2, 0) is 0 Å². The number of likely N-dealkylation sites (N-methyl/N-ethyl adjacent to an activating group) is 3. The van der Waals surface area contributed by atoms with E-state index >= 15 is 0 Å². The van der Waals surface area contributed by atoms with Crippen molar-refractivity contribution in [2.24, 2.45) is 0 Å². The third kappa shape index (κ3) is 5.64. The molecule has 0 aromatic carbocycles. The quantitative estimate of drug-likeness (QED) is 0.572. The standard InChI is InChI=1S/C7H13N.C6H14N2/c2*1-7-3-5-8(2)6-4-7/h3H,4-6H2,1-2H3;3-6H2,1-2H3. The van der Waals surface area contributed by atoms with Gasteiger partial charge >= 0.3 is 0 Å². The number of hydrogen-bond acceptors (Lipinski definition) is 3. The topological polar surface area (TPSA) is 9.72 Å². The smallest absolute Gasteiger partial charge is 0.0162 e. The Kier molecular flexibility index (Phi) is 6.03. The lowest BCUT2D eigenvalue weighted by Gasteiger charge is -2.28. The minimum Gasteiger partial charge on any atom is -0.304 e. The molecule has 3 nitrogen and oxygen atoms in total. The third-order valence-corrected chi connectivity index (χ3v) is 3.37. The molecule has 0 aromatic heterocycles. The third-order valence-electron chi connectivity index (χ3n) is 3.37. The van der Waals surface area contributed by atoms with Crippen LogP contribution in [0.5, 0.6) is 0 Å². The molecule has 0 unspecified atom stereocenters. The van der Waals surface area contributed by atoms with Crippen LogP contribution in [0.2, 0.25) is 0 Å². The zero-order valence-corrected chi connectivity index (χ0v) is 11.4. The second kappa shape index (κ2) is 7.05. The van der Waals surface area contributed by atoms with E-state index in [-0.39, 0.29) is 0 Å². The van der Waals surface area contributed by atoms with Crippen molar-refractivity contribution in [3.05, 3.63) is 11.6 Å². The SMILES string of the molecule is CC1=CCN(C)CC1.CN1CCN(C)CC1. The Bertz CT molecular complexity index is 207. The zero-order valence-electron chi connectivity index (χ0n) is 11.4. The molecule has 0 spiro atoms. The van der Waals surface area contributed by atoms with Crippen LogP contribution in [0.15, 0.2) is 11.6 Å². The summed E-state index contributed by atoms with van der Waals surface area (Å²) in [5.41, 5.74) is 1.54. The normalized spacial score (nSPS) is 24.6. The first kappa shape index (κ1) is 13.7. The van der Waals surface area contributed by atoms with Crippen molar-refractivity contribution >= 4 is 0 Å². The Hall–Kier alpha value is -0.380. The summed E-state index contributed by atoms with van der Waals surface area (Å²) in [6.45, 7) is 9.52. The first-order valence-corrected chi connectivity index (χ1v) is 6.29. The van der Waals surface area contributed by atoms with E-state index in [1.165, 1.54) is 39.1 Å². The summed E-state index contributed by atoms with van der Waals surface area (Å²) >= 11 is 0. The van der Waals surface area contributed by atoms with Crippen LogP contribution >= 0.6 is 0 Å². The van der Waals surface area contributed by atoms with E-state index in [0.717, 1.165) is 6.54 Å². The highest BCUT2D eigenvalue weighted by atomic mass is 15.2. The van der Waals surface area contributed by atoms with Crippen molar-refractivity contribution < 1.29 is 0 Å². The second-order valence-corrected chi connectivity index (χ2v) is 5.17. The van der Waals surface area contributed by atoms with Gasteiger partial charge in [0.2, 0.25) is 0 Å². The van der Waals surface area contributed by atoms with Crippen LogP contribution in [-0.4, -0.2) is 75.1 Å². The van der Waals surface area contributed by atoms with Gasteiger partial charge in [-0.05, 0) is 34.5 Å². The summed E-state index contributed by atoms with van der Waals surface area (Å²) in [5, 5.41) is 0. The molecule has 0 amide bonds. The lowest BCUT2D eigenvalue weighted by atomic mass is 10.1. The molecule has 0 N–H and O–H groups in total. The van der Waals surface area contributed by atoms with Gasteiger partial charge in [0.1, 0.15) is 0 Å². The molecule has 1 fully saturated rings. The monoisotopic (exact) mass is 225 g/mol. The van der Waals surface area contributed by atoms with Crippen molar-refractivity contribution in [3.63, 3.8) is 0 Å². The predicted octanol–water partition coefficient (Wildman–Crippen LogP) is 1.13. The van der Waals surface area contributed by atoms with Gasteiger partial charge in [-0.25, -0.2) is 0 Å². The second-order valence-electron chi connectivity index (χ2n) is 5.17. The van der Waals surface area contributed by atoms with E-state index in [0.29, 0.717) is 0 Å². The molecule has 2 rings (SSSR count). The average Bonchev–Trinajstić information content (AvgIpc) is 2.28. The number of piperazine rings is 1. The Morgan fingerprint density at radius 2 is 1.31 bits per heavy atom.